The number of nitrogens with one attached hydrogen (secondary N) is 1. The van der Waals surface area contributed by atoms with Gasteiger partial charge in [-0.1, -0.05) is 41.9 Å². The zero-order valence-corrected chi connectivity index (χ0v) is 14.4. The normalized spacial score (nSPS) is 10.6. The molecule has 0 bridgehead atoms. The Hall–Kier alpha value is -3.43. The van der Waals surface area contributed by atoms with E-state index in [2.05, 4.69) is 26.5 Å². The molecule has 2 aromatic carbocycles. The molecule has 4 rings (SSSR count). The first-order chi connectivity index (χ1) is 12.7. The summed E-state index contributed by atoms with van der Waals surface area (Å²) in [6.45, 7) is 0.576. The number of aromatic nitrogens is 4. The van der Waals surface area contributed by atoms with E-state index in [9.17, 15) is 5.26 Å². The van der Waals surface area contributed by atoms with Crippen molar-refractivity contribution in [3.05, 3.63) is 76.9 Å². The largest absolute Gasteiger partial charge is 0.350 e. The topological polar surface area (TPSA) is 78.9 Å². The number of rotatable bonds is 4. The van der Waals surface area contributed by atoms with Crippen LogP contribution in [0.15, 0.2) is 60.8 Å². The van der Waals surface area contributed by atoms with E-state index >= 15 is 0 Å². The van der Waals surface area contributed by atoms with Gasteiger partial charge in [-0.25, -0.2) is 0 Å². The Kier molecular flexibility index (Phi) is 4.22. The molecule has 0 aliphatic carbocycles. The van der Waals surface area contributed by atoms with E-state index in [1.54, 1.807) is 16.6 Å². The highest BCUT2D eigenvalue weighted by Gasteiger charge is 2.14. The summed E-state index contributed by atoms with van der Waals surface area (Å²) in [5.41, 5.74) is 2.79. The molecule has 0 amide bonds. The smallest absolute Gasteiger partial charge is 0.227 e. The van der Waals surface area contributed by atoms with Crippen LogP contribution in [0.1, 0.15) is 11.1 Å². The standard InChI is InChI=1S/C19H13ClN6/c20-16-8-6-14(7-9-16)17-24-19(22-11-13-4-2-1-3-5-13)25-18-15(10-21)12-23-26(17)18/h1-9,12H,11H2,(H,22,25). The van der Waals surface area contributed by atoms with Crippen LogP contribution in [0.3, 0.4) is 0 Å². The van der Waals surface area contributed by atoms with E-state index in [0.717, 1.165) is 11.1 Å². The maximum atomic E-state index is 9.32. The first kappa shape index (κ1) is 16.1. The monoisotopic (exact) mass is 360 g/mol. The fourth-order valence-corrected chi connectivity index (χ4v) is 2.72. The lowest BCUT2D eigenvalue weighted by Gasteiger charge is -2.09. The van der Waals surface area contributed by atoms with Crippen molar-refractivity contribution < 1.29 is 0 Å². The average Bonchev–Trinajstić information content (AvgIpc) is 3.10. The van der Waals surface area contributed by atoms with Crippen molar-refractivity contribution >= 4 is 23.2 Å². The van der Waals surface area contributed by atoms with Crippen molar-refractivity contribution in [2.75, 3.05) is 5.32 Å². The van der Waals surface area contributed by atoms with Gasteiger partial charge in [0.2, 0.25) is 5.95 Å². The molecule has 0 saturated carbocycles. The molecule has 0 radical (unpaired) electrons. The highest BCUT2D eigenvalue weighted by atomic mass is 35.5. The molecule has 2 heterocycles. The zero-order chi connectivity index (χ0) is 17.9. The second kappa shape index (κ2) is 6.82. The lowest BCUT2D eigenvalue weighted by atomic mass is 10.2. The Morgan fingerprint density at radius 3 is 2.54 bits per heavy atom. The van der Waals surface area contributed by atoms with Gasteiger partial charge in [0.05, 0.1) is 6.20 Å². The lowest BCUT2D eigenvalue weighted by molar-refractivity contribution is 0.899. The van der Waals surface area contributed by atoms with E-state index in [1.165, 1.54) is 6.20 Å². The molecule has 0 unspecified atom stereocenters. The molecule has 0 spiro atoms. The molecule has 1 N–H and O–H groups in total. The van der Waals surface area contributed by atoms with Gasteiger partial charge in [-0.15, -0.1) is 0 Å². The van der Waals surface area contributed by atoms with Crippen LogP contribution in [0.25, 0.3) is 17.0 Å². The van der Waals surface area contributed by atoms with E-state index in [4.69, 9.17) is 11.6 Å². The maximum absolute atomic E-state index is 9.32. The van der Waals surface area contributed by atoms with Crippen LogP contribution in [0, 0.1) is 11.3 Å². The van der Waals surface area contributed by atoms with Gasteiger partial charge in [-0.3, -0.25) is 0 Å². The summed E-state index contributed by atoms with van der Waals surface area (Å²) in [6.07, 6.45) is 1.49. The molecule has 4 aromatic rings. The highest BCUT2D eigenvalue weighted by Crippen LogP contribution is 2.23. The Balaban J connectivity index is 1.78. The Bertz CT molecular complexity index is 1100. The van der Waals surface area contributed by atoms with Gasteiger partial charge in [0.1, 0.15) is 11.6 Å². The predicted molar refractivity (Wildman–Crippen MR) is 99.7 cm³/mol. The van der Waals surface area contributed by atoms with Gasteiger partial charge in [-0.05, 0) is 29.8 Å². The zero-order valence-electron chi connectivity index (χ0n) is 13.6. The summed E-state index contributed by atoms with van der Waals surface area (Å²) in [7, 11) is 0. The second-order valence-corrected chi connectivity index (χ2v) is 6.06. The van der Waals surface area contributed by atoms with Gasteiger partial charge < -0.3 is 5.32 Å². The van der Waals surface area contributed by atoms with Crippen molar-refractivity contribution in [2.24, 2.45) is 0 Å². The van der Waals surface area contributed by atoms with Gasteiger partial charge >= 0.3 is 0 Å². The van der Waals surface area contributed by atoms with Crippen LogP contribution in [0.2, 0.25) is 5.02 Å². The van der Waals surface area contributed by atoms with Gasteiger partial charge in [0, 0.05) is 17.1 Å². The number of fused-ring (bicyclic) bond motifs is 1. The molecular formula is C19H13ClN6. The first-order valence-electron chi connectivity index (χ1n) is 7.94. The second-order valence-electron chi connectivity index (χ2n) is 5.62. The molecular weight excluding hydrogens is 348 g/mol. The number of nitrogens with zero attached hydrogens (tertiary/aromatic N) is 5. The molecule has 2 aromatic heterocycles. The molecule has 0 fully saturated rings. The molecule has 0 aliphatic rings. The molecule has 0 atom stereocenters. The predicted octanol–water partition coefficient (Wildman–Crippen LogP) is 3.93. The number of halogens is 1. The van der Waals surface area contributed by atoms with Crippen molar-refractivity contribution in [1.29, 1.82) is 5.26 Å². The minimum atomic E-state index is 0.394. The molecule has 0 saturated heterocycles. The fourth-order valence-electron chi connectivity index (χ4n) is 2.60. The Labute approximate surface area is 154 Å². The molecule has 126 valence electrons. The third-order valence-electron chi connectivity index (χ3n) is 3.88. The third-order valence-corrected chi connectivity index (χ3v) is 4.14. The SMILES string of the molecule is N#Cc1cnn2c(-c3ccc(Cl)cc3)nc(NCc3ccccc3)nc12. The summed E-state index contributed by atoms with van der Waals surface area (Å²) >= 11 is 5.98. The number of hydrogen-bond acceptors (Lipinski definition) is 5. The van der Waals surface area contributed by atoms with Crippen LogP contribution < -0.4 is 5.32 Å². The van der Waals surface area contributed by atoms with E-state index in [-0.39, 0.29) is 0 Å². The minimum Gasteiger partial charge on any atom is -0.350 e. The van der Waals surface area contributed by atoms with Crippen LogP contribution in [0.4, 0.5) is 5.95 Å². The number of benzene rings is 2. The van der Waals surface area contributed by atoms with Crippen molar-refractivity contribution in [2.45, 2.75) is 6.54 Å². The first-order valence-corrected chi connectivity index (χ1v) is 8.32. The van der Waals surface area contributed by atoms with Gasteiger partial charge in [-0.2, -0.15) is 24.8 Å². The van der Waals surface area contributed by atoms with E-state index in [1.807, 2.05) is 42.5 Å². The molecule has 6 nitrogen and oxygen atoms in total. The van der Waals surface area contributed by atoms with Crippen molar-refractivity contribution in [1.82, 2.24) is 19.6 Å². The number of nitriles is 1. The molecule has 0 aliphatic heterocycles. The van der Waals surface area contributed by atoms with Crippen LogP contribution in [-0.2, 0) is 6.54 Å². The third kappa shape index (κ3) is 3.08. The fraction of sp³-hybridized carbons (Fsp3) is 0.0526. The summed E-state index contributed by atoms with van der Waals surface area (Å²) in [5, 5.41) is 17.4. The number of anilines is 1. The quantitative estimate of drug-likeness (QED) is 0.596. The van der Waals surface area contributed by atoms with Crippen LogP contribution >= 0.6 is 11.6 Å². The summed E-state index contributed by atoms with van der Waals surface area (Å²) in [5.74, 6) is 1.02. The number of hydrogen-bond donors (Lipinski definition) is 1. The molecule has 26 heavy (non-hydrogen) atoms. The molecule has 7 heteroatoms. The van der Waals surface area contributed by atoms with Gasteiger partial charge in [0.15, 0.2) is 11.5 Å². The van der Waals surface area contributed by atoms with E-state index in [0.29, 0.717) is 34.6 Å². The summed E-state index contributed by atoms with van der Waals surface area (Å²) < 4.78 is 1.56. The summed E-state index contributed by atoms with van der Waals surface area (Å²) in [4.78, 5) is 9.04. The van der Waals surface area contributed by atoms with Gasteiger partial charge in [0.25, 0.3) is 0 Å². The summed E-state index contributed by atoms with van der Waals surface area (Å²) in [6, 6.07) is 19.4. The minimum absolute atomic E-state index is 0.394. The van der Waals surface area contributed by atoms with Crippen molar-refractivity contribution in [3.8, 4) is 17.5 Å². The van der Waals surface area contributed by atoms with E-state index < -0.39 is 0 Å². The maximum Gasteiger partial charge on any atom is 0.227 e. The Morgan fingerprint density at radius 2 is 1.81 bits per heavy atom. The lowest BCUT2D eigenvalue weighted by Crippen LogP contribution is -2.08. The highest BCUT2D eigenvalue weighted by molar-refractivity contribution is 6.30. The van der Waals surface area contributed by atoms with Crippen LogP contribution in [0.5, 0.6) is 0 Å². The Morgan fingerprint density at radius 1 is 1.04 bits per heavy atom. The van der Waals surface area contributed by atoms with Crippen LogP contribution in [-0.4, -0.2) is 19.6 Å². The average molecular weight is 361 g/mol. The van der Waals surface area contributed by atoms with Crippen molar-refractivity contribution in [3.63, 3.8) is 0 Å².